The number of amides is 1. The van der Waals surface area contributed by atoms with Crippen LogP contribution in [-0.2, 0) is 9.53 Å². The number of carbonyl (C=O) groups is 2. The Hall–Kier alpha value is -2.69. The molecule has 0 heterocycles. The van der Waals surface area contributed by atoms with Crippen LogP contribution in [0.1, 0.15) is 54.6 Å². The van der Waals surface area contributed by atoms with E-state index in [-0.39, 0.29) is 5.56 Å². The zero-order chi connectivity index (χ0) is 19.3. The second-order valence-electron chi connectivity index (χ2n) is 6.40. The summed E-state index contributed by atoms with van der Waals surface area (Å²) < 4.78 is 18.8. The number of anilines is 1. The molecule has 26 heavy (non-hydrogen) atoms. The Morgan fingerprint density at radius 3 is 2.50 bits per heavy atom. The Labute approximate surface area is 153 Å². The Balaban J connectivity index is 2.06. The van der Waals surface area contributed by atoms with Gasteiger partial charge in [0.1, 0.15) is 5.82 Å². The minimum absolute atomic E-state index is 0.0766. The van der Waals surface area contributed by atoms with Crippen LogP contribution >= 0.6 is 0 Å². The molecule has 5 heteroatoms. The summed E-state index contributed by atoms with van der Waals surface area (Å²) in [5.41, 5.74) is 2.25. The molecule has 2 rings (SSSR count). The van der Waals surface area contributed by atoms with Gasteiger partial charge in [0.15, 0.2) is 6.10 Å². The van der Waals surface area contributed by atoms with Gasteiger partial charge in [-0.05, 0) is 55.5 Å². The van der Waals surface area contributed by atoms with Crippen molar-refractivity contribution in [3.63, 3.8) is 0 Å². The first-order valence-electron chi connectivity index (χ1n) is 8.70. The van der Waals surface area contributed by atoms with Crippen LogP contribution in [0.25, 0.3) is 0 Å². The van der Waals surface area contributed by atoms with E-state index in [4.69, 9.17) is 4.74 Å². The van der Waals surface area contributed by atoms with E-state index in [2.05, 4.69) is 19.2 Å². The largest absolute Gasteiger partial charge is 0.449 e. The van der Waals surface area contributed by atoms with E-state index in [1.165, 1.54) is 19.1 Å². The van der Waals surface area contributed by atoms with Crippen LogP contribution in [0, 0.1) is 12.7 Å². The molecule has 2 aromatic carbocycles. The van der Waals surface area contributed by atoms with Crippen molar-refractivity contribution in [1.82, 2.24) is 0 Å². The van der Waals surface area contributed by atoms with Gasteiger partial charge in [0.2, 0.25) is 0 Å². The summed E-state index contributed by atoms with van der Waals surface area (Å²) in [4.78, 5) is 24.5. The predicted molar refractivity (Wildman–Crippen MR) is 99.8 cm³/mol. The van der Waals surface area contributed by atoms with E-state index in [1.807, 2.05) is 24.3 Å². The van der Waals surface area contributed by atoms with Crippen molar-refractivity contribution in [3.05, 3.63) is 65.0 Å². The molecule has 1 amide bonds. The number of nitrogens with one attached hydrogen (secondary N) is 1. The molecule has 0 aliphatic rings. The molecule has 2 atom stereocenters. The maximum absolute atomic E-state index is 13.6. The average molecular weight is 357 g/mol. The van der Waals surface area contributed by atoms with Gasteiger partial charge >= 0.3 is 5.97 Å². The zero-order valence-electron chi connectivity index (χ0n) is 15.5. The van der Waals surface area contributed by atoms with Gasteiger partial charge in [-0.3, -0.25) is 4.79 Å². The number of esters is 1. The van der Waals surface area contributed by atoms with Crippen molar-refractivity contribution in [2.75, 3.05) is 5.32 Å². The van der Waals surface area contributed by atoms with Gasteiger partial charge in [-0.2, -0.15) is 0 Å². The van der Waals surface area contributed by atoms with Crippen LogP contribution in [0.3, 0.4) is 0 Å². The third-order valence-electron chi connectivity index (χ3n) is 4.42. The molecule has 2 aromatic rings. The molecule has 0 spiro atoms. The molecule has 1 N–H and O–H groups in total. The molecule has 0 saturated heterocycles. The molecule has 0 aromatic heterocycles. The van der Waals surface area contributed by atoms with Crippen LogP contribution in [0.5, 0.6) is 0 Å². The minimum atomic E-state index is -1.00. The molecule has 0 aliphatic heterocycles. The fraction of sp³-hybridized carbons (Fsp3) is 0.333. The monoisotopic (exact) mass is 357 g/mol. The topological polar surface area (TPSA) is 55.4 Å². The molecule has 0 saturated carbocycles. The number of halogens is 1. The lowest BCUT2D eigenvalue weighted by atomic mass is 9.97. The maximum Gasteiger partial charge on any atom is 0.339 e. The molecule has 4 nitrogen and oxygen atoms in total. The highest BCUT2D eigenvalue weighted by atomic mass is 19.1. The van der Waals surface area contributed by atoms with Gasteiger partial charge in [0, 0.05) is 5.69 Å². The van der Waals surface area contributed by atoms with E-state index in [0.29, 0.717) is 17.2 Å². The summed E-state index contributed by atoms with van der Waals surface area (Å²) in [7, 11) is 0. The van der Waals surface area contributed by atoms with Crippen molar-refractivity contribution in [2.45, 2.75) is 46.1 Å². The Morgan fingerprint density at radius 2 is 1.85 bits per heavy atom. The second kappa shape index (κ2) is 8.61. The van der Waals surface area contributed by atoms with E-state index in [9.17, 15) is 14.0 Å². The van der Waals surface area contributed by atoms with E-state index >= 15 is 0 Å². The molecular formula is C21H24FNO3. The van der Waals surface area contributed by atoms with Crippen LogP contribution in [-0.4, -0.2) is 18.0 Å². The molecule has 138 valence electrons. The van der Waals surface area contributed by atoms with Gasteiger partial charge in [0.25, 0.3) is 5.91 Å². The first-order valence-corrected chi connectivity index (χ1v) is 8.70. The van der Waals surface area contributed by atoms with Crippen LogP contribution < -0.4 is 5.32 Å². The number of aryl methyl sites for hydroxylation is 1. The number of para-hydroxylation sites is 1. The molecule has 0 bridgehead atoms. The van der Waals surface area contributed by atoms with Crippen molar-refractivity contribution in [2.24, 2.45) is 0 Å². The van der Waals surface area contributed by atoms with Crippen molar-refractivity contribution in [1.29, 1.82) is 0 Å². The standard InChI is InChI=1S/C21H24FNO3/c1-5-13(2)17-8-6-7-9-19(17)23-20(24)15(4)26-21(25)16-11-10-14(3)18(22)12-16/h6-13,15H,5H2,1-4H3,(H,23,24)/t13-,15+/m0/s1. The predicted octanol–water partition coefficient (Wildman–Crippen LogP) is 4.83. The number of hydrogen-bond donors (Lipinski definition) is 1. The fourth-order valence-electron chi connectivity index (χ4n) is 2.50. The Morgan fingerprint density at radius 1 is 1.15 bits per heavy atom. The number of benzene rings is 2. The molecule has 0 unspecified atom stereocenters. The summed E-state index contributed by atoms with van der Waals surface area (Å²) in [5.74, 6) is -1.36. The first-order chi connectivity index (χ1) is 12.3. The summed E-state index contributed by atoms with van der Waals surface area (Å²) in [6.45, 7) is 7.26. The summed E-state index contributed by atoms with van der Waals surface area (Å²) in [6.07, 6.45) is -0.0620. The first kappa shape index (κ1) is 19.6. The minimum Gasteiger partial charge on any atom is -0.449 e. The van der Waals surface area contributed by atoms with Crippen molar-refractivity contribution < 1.29 is 18.7 Å². The zero-order valence-corrected chi connectivity index (χ0v) is 15.5. The van der Waals surface area contributed by atoms with Crippen LogP contribution in [0.15, 0.2) is 42.5 Å². The number of carbonyl (C=O) groups excluding carboxylic acids is 2. The van der Waals surface area contributed by atoms with Gasteiger partial charge in [-0.25, -0.2) is 9.18 Å². The highest BCUT2D eigenvalue weighted by Gasteiger charge is 2.21. The van der Waals surface area contributed by atoms with Crippen LogP contribution in [0.2, 0.25) is 0 Å². The fourth-order valence-corrected chi connectivity index (χ4v) is 2.50. The Bertz CT molecular complexity index is 804. The summed E-state index contributed by atoms with van der Waals surface area (Å²) in [6, 6.07) is 11.6. The van der Waals surface area contributed by atoms with E-state index in [1.54, 1.807) is 6.92 Å². The van der Waals surface area contributed by atoms with Gasteiger partial charge in [0.05, 0.1) is 5.56 Å². The van der Waals surface area contributed by atoms with Gasteiger partial charge in [-0.1, -0.05) is 38.1 Å². The third-order valence-corrected chi connectivity index (χ3v) is 4.42. The van der Waals surface area contributed by atoms with Gasteiger partial charge < -0.3 is 10.1 Å². The molecular weight excluding hydrogens is 333 g/mol. The lowest BCUT2D eigenvalue weighted by Crippen LogP contribution is -2.30. The number of ether oxygens (including phenoxy) is 1. The van der Waals surface area contributed by atoms with E-state index in [0.717, 1.165) is 18.1 Å². The SMILES string of the molecule is CC[C@H](C)c1ccccc1NC(=O)[C@@H](C)OC(=O)c1ccc(C)c(F)c1. The Kier molecular flexibility index (Phi) is 6.50. The number of rotatable bonds is 6. The number of hydrogen-bond acceptors (Lipinski definition) is 3. The third kappa shape index (κ3) is 4.69. The summed E-state index contributed by atoms with van der Waals surface area (Å²) >= 11 is 0. The maximum atomic E-state index is 13.6. The molecule has 0 radical (unpaired) electrons. The lowest BCUT2D eigenvalue weighted by Gasteiger charge is -2.18. The average Bonchev–Trinajstić information content (AvgIpc) is 2.63. The van der Waals surface area contributed by atoms with Crippen molar-refractivity contribution in [3.8, 4) is 0 Å². The highest BCUT2D eigenvalue weighted by molar-refractivity contribution is 5.97. The lowest BCUT2D eigenvalue weighted by molar-refractivity contribution is -0.123. The van der Waals surface area contributed by atoms with E-state index < -0.39 is 23.8 Å². The van der Waals surface area contributed by atoms with Crippen LogP contribution in [0.4, 0.5) is 10.1 Å². The molecule has 0 aliphatic carbocycles. The summed E-state index contributed by atoms with van der Waals surface area (Å²) in [5, 5.41) is 2.81. The second-order valence-corrected chi connectivity index (χ2v) is 6.40. The quantitative estimate of drug-likeness (QED) is 0.753. The van der Waals surface area contributed by atoms with Crippen molar-refractivity contribution >= 4 is 17.6 Å². The normalized spacial score (nSPS) is 13.0. The molecule has 0 fully saturated rings. The smallest absolute Gasteiger partial charge is 0.339 e. The van der Waals surface area contributed by atoms with Gasteiger partial charge in [-0.15, -0.1) is 0 Å². The highest BCUT2D eigenvalue weighted by Crippen LogP contribution is 2.26.